The van der Waals surface area contributed by atoms with Crippen molar-refractivity contribution in [3.8, 4) is 0 Å². The van der Waals surface area contributed by atoms with E-state index in [1.165, 1.54) is 32.1 Å². The number of hydrazine groups is 1. The second-order valence-corrected chi connectivity index (χ2v) is 3.23. The summed E-state index contributed by atoms with van der Waals surface area (Å²) >= 11 is 0. The standard InChI is InChI=1S/C8H18N2/c1-2-7-5-3-4-6-8(7)10-9/h7-8,10H,2-6,9H2,1H3/t7-,8-/m0/s1. The minimum Gasteiger partial charge on any atom is -0.271 e. The average Bonchev–Trinajstić information content (AvgIpc) is 2.04. The monoisotopic (exact) mass is 142 g/mol. The summed E-state index contributed by atoms with van der Waals surface area (Å²) in [6.45, 7) is 2.25. The Morgan fingerprint density at radius 1 is 1.40 bits per heavy atom. The second-order valence-electron chi connectivity index (χ2n) is 3.23. The molecule has 1 aliphatic carbocycles. The van der Waals surface area contributed by atoms with Crippen molar-refractivity contribution in [3.63, 3.8) is 0 Å². The molecule has 0 radical (unpaired) electrons. The highest BCUT2D eigenvalue weighted by atomic mass is 15.2. The lowest BCUT2D eigenvalue weighted by atomic mass is 9.83. The van der Waals surface area contributed by atoms with E-state index in [0.717, 1.165) is 5.92 Å². The molecule has 0 bridgehead atoms. The first-order valence-corrected chi connectivity index (χ1v) is 4.34. The summed E-state index contributed by atoms with van der Waals surface area (Å²) in [5.74, 6) is 6.25. The van der Waals surface area contributed by atoms with E-state index in [0.29, 0.717) is 6.04 Å². The van der Waals surface area contributed by atoms with Crippen molar-refractivity contribution in [2.75, 3.05) is 0 Å². The Kier molecular flexibility index (Phi) is 3.16. The van der Waals surface area contributed by atoms with Gasteiger partial charge in [-0.05, 0) is 18.8 Å². The first kappa shape index (κ1) is 8.02. The van der Waals surface area contributed by atoms with Crippen LogP contribution >= 0.6 is 0 Å². The SMILES string of the molecule is CC[C@H]1CCCC[C@@H]1NN. The fourth-order valence-electron chi connectivity index (χ4n) is 1.92. The van der Waals surface area contributed by atoms with E-state index < -0.39 is 0 Å². The zero-order valence-electron chi connectivity index (χ0n) is 6.77. The van der Waals surface area contributed by atoms with Crippen molar-refractivity contribution in [1.29, 1.82) is 0 Å². The number of rotatable bonds is 2. The molecule has 1 saturated carbocycles. The van der Waals surface area contributed by atoms with Crippen molar-refractivity contribution in [1.82, 2.24) is 5.43 Å². The van der Waals surface area contributed by atoms with E-state index in [2.05, 4.69) is 12.3 Å². The molecule has 2 atom stereocenters. The van der Waals surface area contributed by atoms with Crippen LogP contribution in [0.25, 0.3) is 0 Å². The fourth-order valence-corrected chi connectivity index (χ4v) is 1.92. The number of nitrogens with two attached hydrogens (primary N) is 1. The number of nitrogens with one attached hydrogen (secondary N) is 1. The van der Waals surface area contributed by atoms with Crippen molar-refractivity contribution in [3.05, 3.63) is 0 Å². The van der Waals surface area contributed by atoms with Crippen LogP contribution < -0.4 is 11.3 Å². The van der Waals surface area contributed by atoms with Gasteiger partial charge in [0.05, 0.1) is 0 Å². The molecule has 10 heavy (non-hydrogen) atoms. The normalized spacial score (nSPS) is 34.2. The molecule has 2 heteroatoms. The van der Waals surface area contributed by atoms with Gasteiger partial charge in [0.15, 0.2) is 0 Å². The van der Waals surface area contributed by atoms with Gasteiger partial charge >= 0.3 is 0 Å². The van der Waals surface area contributed by atoms with Gasteiger partial charge < -0.3 is 0 Å². The van der Waals surface area contributed by atoms with Crippen LogP contribution in [0.1, 0.15) is 39.0 Å². The highest BCUT2D eigenvalue weighted by Gasteiger charge is 2.21. The van der Waals surface area contributed by atoms with Gasteiger partial charge in [0.1, 0.15) is 0 Å². The van der Waals surface area contributed by atoms with Crippen LogP contribution in [0, 0.1) is 5.92 Å². The zero-order valence-corrected chi connectivity index (χ0v) is 6.77. The Morgan fingerprint density at radius 3 is 2.60 bits per heavy atom. The first-order chi connectivity index (χ1) is 4.88. The molecule has 0 saturated heterocycles. The maximum atomic E-state index is 5.42. The van der Waals surface area contributed by atoms with Gasteiger partial charge in [0, 0.05) is 6.04 Å². The van der Waals surface area contributed by atoms with Crippen LogP contribution in [-0.4, -0.2) is 6.04 Å². The summed E-state index contributed by atoms with van der Waals surface area (Å²) in [5.41, 5.74) is 2.90. The molecule has 0 aromatic rings. The largest absolute Gasteiger partial charge is 0.271 e. The highest BCUT2D eigenvalue weighted by Crippen LogP contribution is 2.25. The van der Waals surface area contributed by atoms with Gasteiger partial charge in [0.2, 0.25) is 0 Å². The van der Waals surface area contributed by atoms with Crippen molar-refractivity contribution < 1.29 is 0 Å². The van der Waals surface area contributed by atoms with Crippen LogP contribution in [0.15, 0.2) is 0 Å². The third-order valence-corrected chi connectivity index (χ3v) is 2.65. The molecule has 0 heterocycles. The summed E-state index contributed by atoms with van der Waals surface area (Å²) < 4.78 is 0. The lowest BCUT2D eigenvalue weighted by Gasteiger charge is -2.29. The third kappa shape index (κ3) is 1.70. The molecule has 1 rings (SSSR count). The quantitative estimate of drug-likeness (QED) is 0.452. The Morgan fingerprint density at radius 2 is 2.10 bits per heavy atom. The topological polar surface area (TPSA) is 38.0 Å². The van der Waals surface area contributed by atoms with Gasteiger partial charge in [-0.3, -0.25) is 11.3 Å². The Balaban J connectivity index is 2.34. The Labute approximate surface area is 63.1 Å². The van der Waals surface area contributed by atoms with Crippen molar-refractivity contribution in [2.24, 2.45) is 11.8 Å². The molecule has 0 aromatic carbocycles. The molecule has 1 aliphatic rings. The molecule has 2 nitrogen and oxygen atoms in total. The summed E-state index contributed by atoms with van der Waals surface area (Å²) in [4.78, 5) is 0. The van der Waals surface area contributed by atoms with E-state index >= 15 is 0 Å². The first-order valence-electron chi connectivity index (χ1n) is 4.34. The van der Waals surface area contributed by atoms with Gasteiger partial charge in [-0.25, -0.2) is 0 Å². The molecule has 0 unspecified atom stereocenters. The molecular formula is C8H18N2. The molecule has 3 N–H and O–H groups in total. The van der Waals surface area contributed by atoms with Gasteiger partial charge in [-0.15, -0.1) is 0 Å². The predicted molar refractivity (Wildman–Crippen MR) is 43.4 cm³/mol. The zero-order chi connectivity index (χ0) is 7.40. The van der Waals surface area contributed by atoms with Crippen molar-refractivity contribution >= 4 is 0 Å². The third-order valence-electron chi connectivity index (χ3n) is 2.65. The van der Waals surface area contributed by atoms with Crippen LogP contribution in [-0.2, 0) is 0 Å². The fraction of sp³-hybridized carbons (Fsp3) is 1.00. The molecule has 0 aromatic heterocycles. The molecule has 1 fully saturated rings. The minimum absolute atomic E-state index is 0.596. The smallest absolute Gasteiger partial charge is 0.0238 e. The van der Waals surface area contributed by atoms with Gasteiger partial charge in [0.25, 0.3) is 0 Å². The molecule has 0 spiro atoms. The van der Waals surface area contributed by atoms with Crippen LogP contribution in [0.2, 0.25) is 0 Å². The maximum absolute atomic E-state index is 5.42. The van der Waals surface area contributed by atoms with E-state index in [1.54, 1.807) is 0 Å². The molecular weight excluding hydrogens is 124 g/mol. The van der Waals surface area contributed by atoms with E-state index in [4.69, 9.17) is 5.84 Å². The van der Waals surface area contributed by atoms with E-state index in [-0.39, 0.29) is 0 Å². The van der Waals surface area contributed by atoms with Gasteiger partial charge in [-0.2, -0.15) is 0 Å². The second kappa shape index (κ2) is 3.94. The summed E-state index contributed by atoms with van der Waals surface area (Å²) in [7, 11) is 0. The van der Waals surface area contributed by atoms with Crippen LogP contribution in [0.4, 0.5) is 0 Å². The maximum Gasteiger partial charge on any atom is 0.0238 e. The summed E-state index contributed by atoms with van der Waals surface area (Å²) in [6, 6.07) is 0.596. The van der Waals surface area contributed by atoms with E-state index in [9.17, 15) is 0 Å². The number of hydrogen-bond donors (Lipinski definition) is 2. The van der Waals surface area contributed by atoms with Crippen molar-refractivity contribution in [2.45, 2.75) is 45.1 Å². The minimum atomic E-state index is 0.596. The predicted octanol–water partition coefficient (Wildman–Crippen LogP) is 1.42. The lowest BCUT2D eigenvalue weighted by molar-refractivity contribution is 0.258. The van der Waals surface area contributed by atoms with Gasteiger partial charge in [-0.1, -0.05) is 26.2 Å². The Hall–Kier alpha value is -0.0800. The molecule has 0 amide bonds. The average molecular weight is 142 g/mol. The lowest BCUT2D eigenvalue weighted by Crippen LogP contribution is -2.42. The Bertz CT molecular complexity index is 81.3. The molecule has 0 aliphatic heterocycles. The summed E-state index contributed by atoms with van der Waals surface area (Å²) in [6.07, 6.45) is 6.66. The van der Waals surface area contributed by atoms with Crippen LogP contribution in [0.3, 0.4) is 0 Å². The van der Waals surface area contributed by atoms with E-state index in [1.807, 2.05) is 0 Å². The summed E-state index contributed by atoms with van der Waals surface area (Å²) in [5, 5.41) is 0. The highest BCUT2D eigenvalue weighted by molar-refractivity contribution is 4.77. The molecule has 60 valence electrons. The number of hydrogen-bond acceptors (Lipinski definition) is 2. The van der Waals surface area contributed by atoms with Crippen LogP contribution in [0.5, 0.6) is 0 Å².